The van der Waals surface area contributed by atoms with Gasteiger partial charge in [0.1, 0.15) is 0 Å². The van der Waals surface area contributed by atoms with Gasteiger partial charge in [-0.25, -0.2) is 0 Å². The zero-order valence-electron chi connectivity index (χ0n) is 7.22. The van der Waals surface area contributed by atoms with Crippen LogP contribution in [0.25, 0.3) is 0 Å². The molecular formula is C8H14OS2. The number of thioether (sulfide) groups is 2. The molecular weight excluding hydrogens is 176 g/mol. The Balaban J connectivity index is 3.93. The van der Waals surface area contributed by atoms with Gasteiger partial charge in [0.25, 0.3) is 0 Å². The number of carbonyl (C=O) groups excluding carboxylic acids is 1. The summed E-state index contributed by atoms with van der Waals surface area (Å²) in [6, 6.07) is 0. The van der Waals surface area contributed by atoms with Crippen LogP contribution in [0.15, 0.2) is 10.3 Å². The maximum absolute atomic E-state index is 11.1. The minimum absolute atomic E-state index is 0.242. The van der Waals surface area contributed by atoms with Gasteiger partial charge in [0, 0.05) is 16.7 Å². The molecule has 64 valence electrons. The molecule has 0 fully saturated rings. The second kappa shape index (κ2) is 6.80. The molecule has 0 aromatic heterocycles. The summed E-state index contributed by atoms with van der Waals surface area (Å²) in [6.07, 6.45) is 7.32. The summed E-state index contributed by atoms with van der Waals surface area (Å²) >= 11 is 3.25. The number of hydrogen-bond acceptors (Lipinski definition) is 3. The number of hydrogen-bond donors (Lipinski definition) is 0. The molecule has 0 amide bonds. The van der Waals surface area contributed by atoms with Crippen molar-refractivity contribution >= 4 is 29.3 Å². The fraction of sp³-hybridized carbons (Fsp3) is 0.625. The summed E-state index contributed by atoms with van der Waals surface area (Å²) in [5.74, 6) is 0.242. The highest BCUT2D eigenvalue weighted by Gasteiger charge is 1.97. The van der Waals surface area contributed by atoms with Gasteiger partial charge in [-0.1, -0.05) is 6.92 Å². The third-order valence-electron chi connectivity index (χ3n) is 1.18. The van der Waals surface area contributed by atoms with E-state index in [0.717, 1.165) is 10.7 Å². The van der Waals surface area contributed by atoms with Crippen LogP contribution in [0.5, 0.6) is 0 Å². The Morgan fingerprint density at radius 2 is 1.91 bits per heavy atom. The summed E-state index contributed by atoms with van der Waals surface area (Å²) in [4.78, 5) is 11.1. The SMILES string of the molecule is CCCC(=O)C=C(SC)SC. The molecule has 0 bridgehead atoms. The molecule has 0 saturated carbocycles. The largest absolute Gasteiger partial charge is 0.295 e. The zero-order valence-corrected chi connectivity index (χ0v) is 8.85. The van der Waals surface area contributed by atoms with Crippen LogP contribution in [0.2, 0.25) is 0 Å². The van der Waals surface area contributed by atoms with Gasteiger partial charge < -0.3 is 0 Å². The normalized spacial score (nSPS) is 9.36. The number of ketones is 1. The molecule has 0 saturated heterocycles. The van der Waals surface area contributed by atoms with Crippen LogP contribution in [-0.4, -0.2) is 18.3 Å². The van der Waals surface area contributed by atoms with E-state index in [1.54, 1.807) is 29.6 Å². The smallest absolute Gasteiger partial charge is 0.157 e. The molecule has 0 aliphatic heterocycles. The predicted molar refractivity (Wildman–Crippen MR) is 55.0 cm³/mol. The van der Waals surface area contributed by atoms with Gasteiger partial charge in [-0.15, -0.1) is 23.5 Å². The fourth-order valence-corrected chi connectivity index (χ4v) is 1.82. The molecule has 0 aromatic rings. The Morgan fingerprint density at radius 3 is 2.27 bits per heavy atom. The molecule has 0 rings (SSSR count). The monoisotopic (exact) mass is 190 g/mol. The molecule has 1 nitrogen and oxygen atoms in total. The molecule has 0 spiro atoms. The van der Waals surface area contributed by atoms with Crippen LogP contribution in [0.1, 0.15) is 19.8 Å². The fourth-order valence-electron chi connectivity index (χ4n) is 0.651. The molecule has 0 N–H and O–H groups in total. The summed E-state index contributed by atoms with van der Waals surface area (Å²) in [5, 5.41) is 0. The van der Waals surface area contributed by atoms with E-state index < -0.39 is 0 Å². The molecule has 0 unspecified atom stereocenters. The predicted octanol–water partition coefficient (Wildman–Crippen LogP) is 2.92. The first-order valence-electron chi connectivity index (χ1n) is 3.57. The van der Waals surface area contributed by atoms with E-state index in [9.17, 15) is 4.79 Å². The summed E-state index contributed by atoms with van der Waals surface area (Å²) < 4.78 is 1.10. The zero-order chi connectivity index (χ0) is 8.69. The van der Waals surface area contributed by atoms with Crippen molar-refractivity contribution in [2.24, 2.45) is 0 Å². The molecule has 11 heavy (non-hydrogen) atoms. The molecule has 0 radical (unpaired) electrons. The Morgan fingerprint density at radius 1 is 1.36 bits per heavy atom. The minimum Gasteiger partial charge on any atom is -0.295 e. The molecule has 0 heterocycles. The maximum atomic E-state index is 11.1. The molecule has 0 aliphatic carbocycles. The summed E-state index contributed by atoms with van der Waals surface area (Å²) in [5.41, 5.74) is 0. The third kappa shape index (κ3) is 5.39. The molecule has 0 aliphatic rings. The van der Waals surface area contributed by atoms with Crippen LogP contribution in [0.3, 0.4) is 0 Å². The number of allylic oxidation sites excluding steroid dienone is 1. The lowest BCUT2D eigenvalue weighted by Gasteiger charge is -1.96. The van der Waals surface area contributed by atoms with Crippen LogP contribution < -0.4 is 0 Å². The lowest BCUT2D eigenvalue weighted by atomic mass is 10.2. The van der Waals surface area contributed by atoms with Gasteiger partial charge in [0.15, 0.2) is 5.78 Å². The maximum Gasteiger partial charge on any atom is 0.157 e. The molecule has 0 atom stereocenters. The van der Waals surface area contributed by atoms with Crippen molar-refractivity contribution in [3.05, 3.63) is 10.3 Å². The van der Waals surface area contributed by atoms with E-state index in [2.05, 4.69) is 0 Å². The second-order valence-corrected chi connectivity index (χ2v) is 4.04. The topological polar surface area (TPSA) is 17.1 Å². The van der Waals surface area contributed by atoms with Gasteiger partial charge >= 0.3 is 0 Å². The van der Waals surface area contributed by atoms with E-state index in [4.69, 9.17) is 0 Å². The van der Waals surface area contributed by atoms with Gasteiger partial charge in [-0.05, 0) is 18.9 Å². The Labute approximate surface area is 77.0 Å². The summed E-state index contributed by atoms with van der Waals surface area (Å²) in [6.45, 7) is 2.02. The van der Waals surface area contributed by atoms with E-state index in [1.165, 1.54) is 0 Å². The van der Waals surface area contributed by atoms with Gasteiger partial charge in [0.05, 0.1) is 0 Å². The van der Waals surface area contributed by atoms with E-state index in [1.807, 2.05) is 19.4 Å². The minimum atomic E-state index is 0.242. The van der Waals surface area contributed by atoms with Crippen molar-refractivity contribution < 1.29 is 4.79 Å². The van der Waals surface area contributed by atoms with E-state index in [0.29, 0.717) is 6.42 Å². The van der Waals surface area contributed by atoms with Crippen LogP contribution in [-0.2, 0) is 4.79 Å². The van der Waals surface area contributed by atoms with Crippen molar-refractivity contribution in [3.8, 4) is 0 Å². The van der Waals surface area contributed by atoms with Gasteiger partial charge in [-0.3, -0.25) is 4.79 Å². The lowest BCUT2D eigenvalue weighted by Crippen LogP contribution is -1.90. The number of rotatable bonds is 5. The Kier molecular flexibility index (Phi) is 6.87. The average molecular weight is 190 g/mol. The first-order valence-corrected chi connectivity index (χ1v) is 6.02. The van der Waals surface area contributed by atoms with Crippen molar-refractivity contribution in [2.75, 3.05) is 12.5 Å². The first-order chi connectivity index (χ1) is 5.24. The van der Waals surface area contributed by atoms with Crippen LogP contribution in [0.4, 0.5) is 0 Å². The highest BCUT2D eigenvalue weighted by molar-refractivity contribution is 8.21. The first kappa shape index (κ1) is 11.1. The molecule has 3 heteroatoms. The van der Waals surface area contributed by atoms with Crippen molar-refractivity contribution in [3.63, 3.8) is 0 Å². The Bertz CT molecular complexity index is 146. The average Bonchev–Trinajstić information content (AvgIpc) is 2.01. The standard InChI is InChI=1S/C8H14OS2/c1-4-5-7(9)6-8(10-2)11-3/h6H,4-5H2,1-3H3. The van der Waals surface area contributed by atoms with Crippen molar-refractivity contribution in [1.82, 2.24) is 0 Å². The van der Waals surface area contributed by atoms with Crippen LogP contribution in [0, 0.1) is 0 Å². The van der Waals surface area contributed by atoms with Crippen molar-refractivity contribution in [1.29, 1.82) is 0 Å². The highest BCUT2D eigenvalue weighted by Crippen LogP contribution is 2.23. The Hall–Kier alpha value is 0.110. The van der Waals surface area contributed by atoms with Gasteiger partial charge in [0.2, 0.25) is 0 Å². The van der Waals surface area contributed by atoms with E-state index in [-0.39, 0.29) is 5.78 Å². The van der Waals surface area contributed by atoms with Crippen molar-refractivity contribution in [2.45, 2.75) is 19.8 Å². The van der Waals surface area contributed by atoms with Gasteiger partial charge in [-0.2, -0.15) is 0 Å². The third-order valence-corrected chi connectivity index (χ3v) is 3.22. The van der Waals surface area contributed by atoms with Crippen LogP contribution >= 0.6 is 23.5 Å². The van der Waals surface area contributed by atoms with E-state index >= 15 is 0 Å². The molecule has 0 aromatic carbocycles. The quantitative estimate of drug-likeness (QED) is 0.620. The second-order valence-electron chi connectivity index (χ2n) is 2.09. The number of carbonyl (C=O) groups is 1. The highest BCUT2D eigenvalue weighted by atomic mass is 32.2. The lowest BCUT2D eigenvalue weighted by molar-refractivity contribution is -0.114. The summed E-state index contributed by atoms with van der Waals surface area (Å²) in [7, 11) is 0.